The van der Waals surface area contributed by atoms with E-state index in [9.17, 15) is 14.5 Å². The van der Waals surface area contributed by atoms with Gasteiger partial charge in [0.25, 0.3) is 0 Å². The Morgan fingerprint density at radius 3 is 2.89 bits per heavy atom. The molecule has 0 aliphatic heterocycles. The van der Waals surface area contributed by atoms with Crippen LogP contribution >= 0.6 is 0 Å². The zero-order valence-electron chi connectivity index (χ0n) is 9.58. The fourth-order valence-electron chi connectivity index (χ4n) is 0.986. The molecule has 1 aromatic heterocycles. The summed E-state index contributed by atoms with van der Waals surface area (Å²) in [5, 5.41) is 10.3. The van der Waals surface area contributed by atoms with Crippen LogP contribution in [0.4, 0.5) is 10.2 Å². The summed E-state index contributed by atoms with van der Waals surface area (Å²) in [6.07, 6.45) is 4.97. The molecule has 1 rings (SSSR count). The average molecular weight is 250 g/mol. The number of aromatic nitrogens is 1. The predicted molar refractivity (Wildman–Crippen MR) is 65.4 cm³/mol. The molecule has 0 amide bonds. The molecular weight excluding hydrogens is 239 g/mol. The molecule has 2 N–H and O–H groups in total. The lowest BCUT2D eigenvalue weighted by Gasteiger charge is -1.92. The van der Waals surface area contributed by atoms with E-state index in [1.54, 1.807) is 0 Å². The number of allylic oxidation sites excluding steroid dienone is 3. The number of nitro groups is 1. The van der Waals surface area contributed by atoms with Gasteiger partial charge in [0, 0.05) is 24.9 Å². The molecule has 0 fully saturated rings. The lowest BCUT2D eigenvalue weighted by Crippen LogP contribution is -1.99. The van der Waals surface area contributed by atoms with Crippen molar-refractivity contribution in [2.75, 3.05) is 0 Å². The van der Waals surface area contributed by atoms with Gasteiger partial charge in [-0.05, 0) is 18.2 Å². The molecule has 0 atom stereocenters. The van der Waals surface area contributed by atoms with Crippen molar-refractivity contribution >= 4 is 12.0 Å². The monoisotopic (exact) mass is 250 g/mol. The molecule has 6 nitrogen and oxygen atoms in total. The van der Waals surface area contributed by atoms with Crippen LogP contribution < -0.4 is 5.73 Å². The van der Waals surface area contributed by atoms with E-state index in [0.29, 0.717) is 5.82 Å². The molecule has 0 saturated heterocycles. The first-order valence-corrected chi connectivity index (χ1v) is 4.93. The van der Waals surface area contributed by atoms with Crippen molar-refractivity contribution in [3.05, 3.63) is 57.8 Å². The van der Waals surface area contributed by atoms with Gasteiger partial charge >= 0.3 is 0 Å². The molecule has 0 unspecified atom stereocenters. The number of aliphatic imine (C=N–C) groups is 1. The lowest BCUT2D eigenvalue weighted by molar-refractivity contribution is -0.424. The van der Waals surface area contributed by atoms with Crippen LogP contribution in [0, 0.1) is 15.9 Å². The third-order valence-corrected chi connectivity index (χ3v) is 1.85. The summed E-state index contributed by atoms with van der Waals surface area (Å²) < 4.78 is 12.5. The van der Waals surface area contributed by atoms with Gasteiger partial charge in [-0.3, -0.25) is 10.1 Å². The van der Waals surface area contributed by atoms with E-state index in [2.05, 4.69) is 9.98 Å². The standard InChI is InChI=1S/C11H11FN4O2/c1-8(16(17)18)6-10(13)4-5-14-11-3-2-9(12)7-15-11/h2-7H,13H2,1H3/b8-6+,10-4?,14-5?. The SMILES string of the molecule is C/C(=C\C(N)=CC=Nc1ccc(F)cn1)[N+](=O)[O-]. The third kappa shape index (κ3) is 4.52. The van der Waals surface area contributed by atoms with Crippen LogP contribution in [-0.2, 0) is 0 Å². The normalized spacial score (nSPS) is 13.0. The summed E-state index contributed by atoms with van der Waals surface area (Å²) in [5.41, 5.74) is 5.63. The van der Waals surface area contributed by atoms with Crippen molar-refractivity contribution in [1.29, 1.82) is 0 Å². The van der Waals surface area contributed by atoms with Crippen molar-refractivity contribution in [1.82, 2.24) is 4.98 Å². The van der Waals surface area contributed by atoms with Gasteiger partial charge in [0.2, 0.25) is 5.70 Å². The fraction of sp³-hybridized carbons (Fsp3) is 0.0909. The van der Waals surface area contributed by atoms with Gasteiger partial charge in [-0.15, -0.1) is 0 Å². The Morgan fingerprint density at radius 2 is 2.33 bits per heavy atom. The van der Waals surface area contributed by atoms with E-state index in [1.165, 1.54) is 37.4 Å². The molecule has 0 spiro atoms. The molecule has 0 aliphatic rings. The van der Waals surface area contributed by atoms with Crippen molar-refractivity contribution < 1.29 is 9.31 Å². The topological polar surface area (TPSA) is 94.4 Å². The zero-order valence-corrected chi connectivity index (χ0v) is 9.58. The largest absolute Gasteiger partial charge is 0.398 e. The van der Waals surface area contributed by atoms with Crippen molar-refractivity contribution in [3.8, 4) is 0 Å². The van der Waals surface area contributed by atoms with E-state index >= 15 is 0 Å². The summed E-state index contributed by atoms with van der Waals surface area (Å²) in [6.45, 7) is 1.33. The number of nitrogens with two attached hydrogens (primary N) is 1. The molecule has 7 heteroatoms. The van der Waals surface area contributed by atoms with E-state index in [0.717, 1.165) is 6.20 Å². The second kappa shape index (κ2) is 6.24. The molecule has 1 aromatic rings. The highest BCUT2D eigenvalue weighted by atomic mass is 19.1. The Kier molecular flexibility index (Phi) is 4.67. The lowest BCUT2D eigenvalue weighted by atomic mass is 10.3. The van der Waals surface area contributed by atoms with Gasteiger partial charge in [-0.2, -0.15) is 0 Å². The molecular formula is C11H11FN4O2. The van der Waals surface area contributed by atoms with Crippen LogP contribution in [0.3, 0.4) is 0 Å². The second-order valence-corrected chi connectivity index (χ2v) is 3.32. The first kappa shape index (κ1) is 13.5. The predicted octanol–water partition coefficient (Wildman–Crippen LogP) is 1.95. The number of pyridine rings is 1. The Bertz CT molecular complexity index is 520. The fourth-order valence-corrected chi connectivity index (χ4v) is 0.986. The van der Waals surface area contributed by atoms with Crippen LogP contribution in [0.1, 0.15) is 6.92 Å². The minimum Gasteiger partial charge on any atom is -0.398 e. The maximum atomic E-state index is 12.5. The summed E-state index contributed by atoms with van der Waals surface area (Å²) in [5.74, 6) is -0.135. The van der Waals surface area contributed by atoms with Gasteiger partial charge in [-0.25, -0.2) is 14.4 Å². The zero-order chi connectivity index (χ0) is 13.5. The van der Waals surface area contributed by atoms with Crippen molar-refractivity contribution in [2.24, 2.45) is 10.7 Å². The summed E-state index contributed by atoms with van der Waals surface area (Å²) >= 11 is 0. The molecule has 0 aliphatic carbocycles. The van der Waals surface area contributed by atoms with Gasteiger partial charge in [0.1, 0.15) is 5.82 Å². The van der Waals surface area contributed by atoms with E-state index in [4.69, 9.17) is 5.73 Å². The van der Waals surface area contributed by atoms with Gasteiger partial charge < -0.3 is 5.73 Å². The third-order valence-electron chi connectivity index (χ3n) is 1.85. The van der Waals surface area contributed by atoms with E-state index in [1.807, 2.05) is 0 Å². The minimum atomic E-state index is -0.542. The van der Waals surface area contributed by atoms with Gasteiger partial charge in [-0.1, -0.05) is 0 Å². The van der Waals surface area contributed by atoms with E-state index in [-0.39, 0.29) is 11.4 Å². The maximum absolute atomic E-state index is 12.5. The van der Waals surface area contributed by atoms with Crippen LogP contribution in [-0.4, -0.2) is 16.1 Å². The van der Waals surface area contributed by atoms with Crippen molar-refractivity contribution in [2.45, 2.75) is 6.92 Å². The molecule has 0 bridgehead atoms. The number of hydrogen-bond donors (Lipinski definition) is 1. The molecule has 0 saturated carbocycles. The first-order valence-electron chi connectivity index (χ1n) is 4.93. The number of hydrogen-bond acceptors (Lipinski definition) is 5. The van der Waals surface area contributed by atoms with Gasteiger partial charge in [0.05, 0.1) is 11.1 Å². The summed E-state index contributed by atoms with van der Waals surface area (Å²) in [4.78, 5) is 17.4. The maximum Gasteiger partial charge on any atom is 0.245 e. The van der Waals surface area contributed by atoms with E-state index < -0.39 is 10.7 Å². The minimum absolute atomic E-state index is 0.0722. The Labute approximate surface area is 103 Å². The highest BCUT2D eigenvalue weighted by molar-refractivity contribution is 5.75. The van der Waals surface area contributed by atoms with Crippen molar-refractivity contribution in [3.63, 3.8) is 0 Å². The molecule has 94 valence electrons. The van der Waals surface area contributed by atoms with Crippen LogP contribution in [0.15, 0.2) is 46.9 Å². The first-order chi connectivity index (χ1) is 8.49. The number of halogens is 1. The highest BCUT2D eigenvalue weighted by Gasteiger charge is 2.00. The highest BCUT2D eigenvalue weighted by Crippen LogP contribution is 2.06. The average Bonchev–Trinajstić information content (AvgIpc) is 2.31. The quantitative estimate of drug-likeness (QED) is 0.382. The summed E-state index contributed by atoms with van der Waals surface area (Å²) in [6, 6.07) is 2.62. The van der Waals surface area contributed by atoms with Crippen LogP contribution in [0.5, 0.6) is 0 Å². The summed E-state index contributed by atoms with van der Waals surface area (Å²) in [7, 11) is 0. The number of nitrogens with zero attached hydrogens (tertiary/aromatic N) is 3. The number of rotatable bonds is 4. The smallest absolute Gasteiger partial charge is 0.245 e. The Hall–Kier alpha value is -2.57. The van der Waals surface area contributed by atoms with Crippen LogP contribution in [0.2, 0.25) is 0 Å². The molecule has 1 heterocycles. The Balaban J connectivity index is 2.71. The second-order valence-electron chi connectivity index (χ2n) is 3.32. The van der Waals surface area contributed by atoms with Gasteiger partial charge in [0.15, 0.2) is 5.82 Å². The molecule has 0 aromatic carbocycles. The molecule has 18 heavy (non-hydrogen) atoms. The molecule has 0 radical (unpaired) electrons. The van der Waals surface area contributed by atoms with Crippen LogP contribution in [0.25, 0.3) is 0 Å². The Morgan fingerprint density at radius 1 is 1.61 bits per heavy atom.